The highest BCUT2D eigenvalue weighted by atomic mass is 16.5. The van der Waals surface area contributed by atoms with Crippen molar-refractivity contribution >= 4 is 5.69 Å². The minimum absolute atomic E-state index is 0.303. The smallest absolute Gasteiger partial charge is 0.280 e. The molecule has 0 aliphatic rings. The molecule has 84 valence electrons. The zero-order chi connectivity index (χ0) is 11.7. The van der Waals surface area contributed by atoms with Gasteiger partial charge in [-0.3, -0.25) is 0 Å². The molecular weight excluding hydrogens is 220 g/mol. The fourth-order valence-electron chi connectivity index (χ4n) is 1.46. The van der Waals surface area contributed by atoms with Crippen molar-refractivity contribution in [2.75, 3.05) is 5.73 Å². The molecule has 2 aromatic heterocycles. The van der Waals surface area contributed by atoms with Gasteiger partial charge in [0.1, 0.15) is 6.26 Å². The molecule has 6 nitrogen and oxygen atoms in total. The first-order valence-electron chi connectivity index (χ1n) is 4.94. The van der Waals surface area contributed by atoms with Crippen LogP contribution in [-0.4, -0.2) is 15.3 Å². The first kappa shape index (κ1) is 9.59. The number of hydrogen-bond donors (Lipinski definition) is 1. The Labute approximate surface area is 96.0 Å². The van der Waals surface area contributed by atoms with Crippen LogP contribution in [0.25, 0.3) is 23.0 Å². The predicted octanol–water partition coefficient (Wildman–Crippen LogP) is 1.97. The van der Waals surface area contributed by atoms with Crippen LogP contribution in [0.1, 0.15) is 0 Å². The summed E-state index contributed by atoms with van der Waals surface area (Å²) in [5.74, 6) is 0.734. The number of rotatable bonds is 2. The van der Waals surface area contributed by atoms with E-state index >= 15 is 0 Å². The SMILES string of the molecule is Nc1ccccc1-c1noc(-c2ccon2)n1. The molecule has 6 heteroatoms. The zero-order valence-electron chi connectivity index (χ0n) is 8.70. The number of anilines is 1. The summed E-state index contributed by atoms with van der Waals surface area (Å²) in [5.41, 5.74) is 7.65. The summed E-state index contributed by atoms with van der Waals surface area (Å²) in [6.45, 7) is 0. The lowest BCUT2D eigenvalue weighted by atomic mass is 10.2. The van der Waals surface area contributed by atoms with Gasteiger partial charge in [-0.15, -0.1) is 0 Å². The maximum Gasteiger partial charge on any atom is 0.280 e. The van der Waals surface area contributed by atoms with Gasteiger partial charge in [-0.05, 0) is 12.1 Å². The Kier molecular flexibility index (Phi) is 2.11. The number of aromatic nitrogens is 3. The molecule has 17 heavy (non-hydrogen) atoms. The van der Waals surface area contributed by atoms with Gasteiger partial charge >= 0.3 is 0 Å². The number of nitrogen functional groups attached to an aromatic ring is 1. The first-order valence-corrected chi connectivity index (χ1v) is 4.94. The van der Waals surface area contributed by atoms with Crippen molar-refractivity contribution in [3.63, 3.8) is 0 Å². The maximum atomic E-state index is 5.82. The second kappa shape index (κ2) is 3.75. The van der Waals surface area contributed by atoms with Crippen LogP contribution < -0.4 is 5.73 Å². The fraction of sp³-hybridized carbons (Fsp3) is 0. The highest BCUT2D eigenvalue weighted by molar-refractivity contribution is 5.71. The Bertz CT molecular complexity index is 630. The third kappa shape index (κ3) is 1.65. The molecular formula is C11H8N4O2. The molecule has 0 radical (unpaired) electrons. The highest BCUT2D eigenvalue weighted by Gasteiger charge is 2.13. The largest absolute Gasteiger partial charge is 0.398 e. The maximum absolute atomic E-state index is 5.82. The van der Waals surface area contributed by atoms with Crippen LogP contribution in [0, 0.1) is 0 Å². The molecule has 0 fully saturated rings. The molecule has 3 aromatic rings. The van der Waals surface area contributed by atoms with Gasteiger partial charge in [0.25, 0.3) is 5.89 Å². The van der Waals surface area contributed by atoms with E-state index in [0.29, 0.717) is 23.1 Å². The van der Waals surface area contributed by atoms with E-state index in [-0.39, 0.29) is 0 Å². The van der Waals surface area contributed by atoms with Crippen LogP contribution in [0.15, 0.2) is 45.6 Å². The van der Waals surface area contributed by atoms with Gasteiger partial charge in [-0.25, -0.2) is 0 Å². The normalized spacial score (nSPS) is 10.6. The topological polar surface area (TPSA) is 91.0 Å². The van der Waals surface area contributed by atoms with E-state index in [9.17, 15) is 0 Å². The number of benzene rings is 1. The van der Waals surface area contributed by atoms with E-state index in [1.165, 1.54) is 6.26 Å². The molecule has 3 rings (SSSR count). The standard InChI is InChI=1S/C11H8N4O2/c12-8-4-2-1-3-7(8)10-13-11(17-15-10)9-5-6-16-14-9/h1-6H,12H2. The summed E-state index contributed by atoms with van der Waals surface area (Å²) in [5, 5.41) is 7.57. The van der Waals surface area contributed by atoms with E-state index in [1.807, 2.05) is 18.2 Å². The van der Waals surface area contributed by atoms with Crippen LogP contribution in [0.4, 0.5) is 5.69 Å². The third-order valence-corrected chi connectivity index (χ3v) is 2.28. The minimum Gasteiger partial charge on any atom is -0.398 e. The second-order valence-corrected chi connectivity index (χ2v) is 3.40. The van der Waals surface area contributed by atoms with Crippen molar-refractivity contribution in [3.05, 3.63) is 36.6 Å². The lowest BCUT2D eigenvalue weighted by molar-refractivity contribution is 0.405. The highest BCUT2D eigenvalue weighted by Crippen LogP contribution is 2.24. The van der Waals surface area contributed by atoms with Crippen molar-refractivity contribution in [3.8, 4) is 23.0 Å². The van der Waals surface area contributed by atoms with Crippen LogP contribution in [0.2, 0.25) is 0 Å². The van der Waals surface area contributed by atoms with E-state index in [0.717, 1.165) is 5.56 Å². The van der Waals surface area contributed by atoms with E-state index in [1.54, 1.807) is 12.1 Å². The Hall–Kier alpha value is -2.63. The van der Waals surface area contributed by atoms with Crippen LogP contribution in [0.5, 0.6) is 0 Å². The minimum atomic E-state index is 0.303. The molecule has 0 aliphatic heterocycles. The van der Waals surface area contributed by atoms with Gasteiger partial charge < -0.3 is 14.8 Å². The van der Waals surface area contributed by atoms with Crippen LogP contribution >= 0.6 is 0 Å². The monoisotopic (exact) mass is 228 g/mol. The van der Waals surface area contributed by atoms with Crippen molar-refractivity contribution in [2.24, 2.45) is 0 Å². The fourth-order valence-corrected chi connectivity index (χ4v) is 1.46. The van der Waals surface area contributed by atoms with Crippen molar-refractivity contribution in [1.29, 1.82) is 0 Å². The molecule has 0 saturated carbocycles. The van der Waals surface area contributed by atoms with Gasteiger partial charge in [-0.1, -0.05) is 22.4 Å². The van der Waals surface area contributed by atoms with Crippen molar-refractivity contribution in [2.45, 2.75) is 0 Å². The van der Waals surface area contributed by atoms with Gasteiger partial charge in [0.2, 0.25) is 5.82 Å². The molecule has 0 amide bonds. The molecule has 2 heterocycles. The first-order chi connectivity index (χ1) is 8.34. The number of nitrogens with zero attached hydrogens (tertiary/aromatic N) is 3. The molecule has 0 saturated heterocycles. The number of para-hydroxylation sites is 1. The van der Waals surface area contributed by atoms with E-state index in [2.05, 4.69) is 15.3 Å². The summed E-state index contributed by atoms with van der Waals surface area (Å²) >= 11 is 0. The Morgan fingerprint density at radius 2 is 1.94 bits per heavy atom. The molecule has 0 unspecified atom stereocenters. The Balaban J connectivity index is 2.04. The number of hydrogen-bond acceptors (Lipinski definition) is 6. The summed E-state index contributed by atoms with van der Waals surface area (Å²) in [4.78, 5) is 4.20. The second-order valence-electron chi connectivity index (χ2n) is 3.40. The molecule has 0 bridgehead atoms. The molecule has 0 spiro atoms. The lowest BCUT2D eigenvalue weighted by Gasteiger charge is -1.97. The average Bonchev–Trinajstić information content (AvgIpc) is 3.00. The van der Waals surface area contributed by atoms with E-state index < -0.39 is 0 Å². The van der Waals surface area contributed by atoms with E-state index in [4.69, 9.17) is 14.8 Å². The van der Waals surface area contributed by atoms with Crippen molar-refractivity contribution in [1.82, 2.24) is 15.3 Å². The molecule has 2 N–H and O–H groups in total. The molecule has 0 atom stereocenters. The Morgan fingerprint density at radius 1 is 1.06 bits per heavy atom. The Morgan fingerprint density at radius 3 is 2.71 bits per heavy atom. The zero-order valence-corrected chi connectivity index (χ0v) is 8.70. The van der Waals surface area contributed by atoms with Gasteiger partial charge in [0.15, 0.2) is 5.69 Å². The third-order valence-electron chi connectivity index (χ3n) is 2.28. The summed E-state index contributed by atoms with van der Waals surface area (Å²) in [7, 11) is 0. The molecule has 0 aliphatic carbocycles. The van der Waals surface area contributed by atoms with Crippen LogP contribution in [-0.2, 0) is 0 Å². The predicted molar refractivity (Wildman–Crippen MR) is 59.6 cm³/mol. The average molecular weight is 228 g/mol. The quantitative estimate of drug-likeness (QED) is 0.674. The van der Waals surface area contributed by atoms with Crippen LogP contribution in [0.3, 0.4) is 0 Å². The lowest BCUT2D eigenvalue weighted by Crippen LogP contribution is -1.90. The summed E-state index contributed by atoms with van der Waals surface area (Å²) in [6.07, 6.45) is 1.44. The van der Waals surface area contributed by atoms with Gasteiger partial charge in [0, 0.05) is 17.3 Å². The van der Waals surface area contributed by atoms with Crippen molar-refractivity contribution < 1.29 is 9.05 Å². The molecule has 1 aromatic carbocycles. The summed E-state index contributed by atoms with van der Waals surface area (Å²) < 4.78 is 9.78. The number of nitrogens with two attached hydrogens (primary N) is 1. The summed E-state index contributed by atoms with van der Waals surface area (Å²) in [6, 6.07) is 8.95. The van der Waals surface area contributed by atoms with Gasteiger partial charge in [0.05, 0.1) is 0 Å². The van der Waals surface area contributed by atoms with Gasteiger partial charge in [-0.2, -0.15) is 4.98 Å².